The Morgan fingerprint density at radius 2 is 2.16 bits per heavy atom. The van der Waals surface area contributed by atoms with Crippen LogP contribution in [0.4, 0.5) is 14.5 Å². The highest BCUT2D eigenvalue weighted by Crippen LogP contribution is 2.35. The van der Waals surface area contributed by atoms with E-state index < -0.39 is 40.9 Å². The van der Waals surface area contributed by atoms with Crippen LogP contribution in [-0.4, -0.2) is 30.1 Å². The molecule has 104 valence electrons. The Morgan fingerprint density at radius 1 is 1.53 bits per heavy atom. The van der Waals surface area contributed by atoms with Crippen molar-refractivity contribution >= 4 is 11.7 Å². The molecule has 1 rings (SSSR count). The summed E-state index contributed by atoms with van der Waals surface area (Å²) < 4.78 is 34.7. The number of ether oxygens (including phenoxy) is 2. The van der Waals surface area contributed by atoms with Crippen LogP contribution < -0.4 is 4.74 Å². The summed E-state index contributed by atoms with van der Waals surface area (Å²) >= 11 is 0. The number of hydrogen-bond acceptors (Lipinski definition) is 6. The second-order valence-corrected chi connectivity index (χ2v) is 3.35. The Bertz CT molecular complexity index is 507. The van der Waals surface area contributed by atoms with Crippen LogP contribution in [0.5, 0.6) is 5.75 Å². The number of methoxy groups -OCH3 is 2. The topological polar surface area (TPSA) is 91.6 Å². The van der Waals surface area contributed by atoms with Crippen molar-refractivity contribution < 1.29 is 28.0 Å². The molecule has 0 radical (unpaired) electrons. The molecule has 19 heavy (non-hydrogen) atoms. The van der Waals surface area contributed by atoms with Crippen molar-refractivity contribution in [3.05, 3.63) is 27.6 Å². The number of nitrogens with zero attached hydrogens (tertiary/aromatic N) is 2. The first-order chi connectivity index (χ1) is 8.92. The van der Waals surface area contributed by atoms with Gasteiger partial charge in [-0.1, -0.05) is 0 Å². The molecule has 0 bridgehead atoms. The highest BCUT2D eigenvalue weighted by Gasteiger charge is 2.28. The lowest BCUT2D eigenvalue weighted by Crippen LogP contribution is -2.11. The summed E-state index contributed by atoms with van der Waals surface area (Å²) in [6.45, 7) is 0. The number of carbonyl (C=O) groups is 1. The smallest absolute Gasteiger partial charge is 0.329 e. The van der Waals surface area contributed by atoms with Crippen LogP contribution in [0.2, 0.25) is 0 Å². The molecule has 0 aliphatic heterocycles. The average Bonchev–Trinajstić information content (AvgIpc) is 2.37. The Morgan fingerprint density at radius 3 is 2.58 bits per heavy atom. The Labute approximate surface area is 106 Å². The lowest BCUT2D eigenvalue weighted by atomic mass is 10.1. The second-order valence-electron chi connectivity index (χ2n) is 3.35. The highest BCUT2D eigenvalue weighted by molar-refractivity contribution is 5.75. The summed E-state index contributed by atoms with van der Waals surface area (Å²) in [4.78, 5) is 24.4. The molecule has 0 fully saturated rings. The Balaban J connectivity index is 3.45. The van der Waals surface area contributed by atoms with Crippen LogP contribution in [0.15, 0.2) is 6.20 Å². The first kappa shape index (κ1) is 14.7. The zero-order valence-electron chi connectivity index (χ0n) is 10.1. The van der Waals surface area contributed by atoms with E-state index in [1.54, 1.807) is 0 Å². The average molecular weight is 276 g/mol. The number of nitro groups is 1. The van der Waals surface area contributed by atoms with Crippen molar-refractivity contribution in [2.45, 2.75) is 12.8 Å². The summed E-state index contributed by atoms with van der Waals surface area (Å²) in [6, 6.07) is 0. The first-order valence-corrected chi connectivity index (χ1v) is 4.97. The number of hydrogen-bond donors (Lipinski definition) is 0. The molecule has 7 nitrogen and oxygen atoms in total. The molecule has 0 saturated heterocycles. The fourth-order valence-electron chi connectivity index (χ4n) is 1.47. The van der Waals surface area contributed by atoms with Gasteiger partial charge in [-0.2, -0.15) is 0 Å². The van der Waals surface area contributed by atoms with E-state index in [4.69, 9.17) is 4.74 Å². The van der Waals surface area contributed by atoms with Gasteiger partial charge in [-0.25, -0.2) is 13.8 Å². The maximum Gasteiger partial charge on any atom is 0.329 e. The fourth-order valence-corrected chi connectivity index (χ4v) is 1.47. The third-order valence-electron chi connectivity index (χ3n) is 2.30. The number of carbonyl (C=O) groups excluding carboxylic acids is 1. The molecule has 0 spiro atoms. The summed E-state index contributed by atoms with van der Waals surface area (Å²) in [5.74, 6) is -1.25. The molecule has 0 saturated carbocycles. The SMILES string of the molecule is COC(=O)Cc1c(C(F)F)ncc([N+](=O)[O-])c1OC. The third kappa shape index (κ3) is 3.12. The molecule has 0 amide bonds. The molecule has 0 aliphatic carbocycles. The molecule has 0 atom stereocenters. The van der Waals surface area contributed by atoms with Gasteiger partial charge in [-0.15, -0.1) is 0 Å². The van der Waals surface area contributed by atoms with Crippen LogP contribution in [0.25, 0.3) is 0 Å². The molecule has 1 aromatic rings. The molecule has 0 N–H and O–H groups in total. The number of alkyl halides is 2. The van der Waals surface area contributed by atoms with E-state index in [1.807, 2.05) is 0 Å². The van der Waals surface area contributed by atoms with Gasteiger partial charge >= 0.3 is 11.7 Å². The third-order valence-corrected chi connectivity index (χ3v) is 2.30. The van der Waals surface area contributed by atoms with Gasteiger partial charge in [-0.05, 0) is 0 Å². The quantitative estimate of drug-likeness (QED) is 0.461. The van der Waals surface area contributed by atoms with Gasteiger partial charge in [0.15, 0.2) is 0 Å². The maximum absolute atomic E-state index is 12.8. The van der Waals surface area contributed by atoms with Gasteiger partial charge in [0.1, 0.15) is 11.9 Å². The van der Waals surface area contributed by atoms with Crippen molar-refractivity contribution in [1.29, 1.82) is 0 Å². The van der Waals surface area contributed by atoms with E-state index in [2.05, 4.69) is 9.72 Å². The minimum atomic E-state index is -2.99. The van der Waals surface area contributed by atoms with Gasteiger partial charge in [0.2, 0.25) is 5.75 Å². The monoisotopic (exact) mass is 276 g/mol. The van der Waals surface area contributed by atoms with Crippen LogP contribution >= 0.6 is 0 Å². The van der Waals surface area contributed by atoms with Crippen LogP contribution in [-0.2, 0) is 16.0 Å². The van der Waals surface area contributed by atoms with Crippen molar-refractivity contribution in [2.24, 2.45) is 0 Å². The van der Waals surface area contributed by atoms with Crippen molar-refractivity contribution in [3.63, 3.8) is 0 Å². The van der Waals surface area contributed by atoms with Crippen LogP contribution in [0.1, 0.15) is 17.7 Å². The van der Waals surface area contributed by atoms with Crippen LogP contribution in [0, 0.1) is 10.1 Å². The minimum Gasteiger partial charge on any atom is -0.490 e. The first-order valence-electron chi connectivity index (χ1n) is 4.97. The number of esters is 1. The highest BCUT2D eigenvalue weighted by atomic mass is 19.3. The van der Waals surface area contributed by atoms with E-state index in [-0.39, 0.29) is 5.56 Å². The number of aromatic nitrogens is 1. The van der Waals surface area contributed by atoms with E-state index in [0.29, 0.717) is 6.20 Å². The lowest BCUT2D eigenvalue weighted by molar-refractivity contribution is -0.386. The van der Waals surface area contributed by atoms with Gasteiger partial charge in [-0.3, -0.25) is 14.9 Å². The van der Waals surface area contributed by atoms with E-state index in [1.165, 1.54) is 0 Å². The summed E-state index contributed by atoms with van der Waals surface area (Å²) in [6.07, 6.45) is -2.91. The normalized spacial score (nSPS) is 10.4. The summed E-state index contributed by atoms with van der Waals surface area (Å²) in [7, 11) is 2.15. The number of halogens is 2. The van der Waals surface area contributed by atoms with Crippen molar-refractivity contribution in [3.8, 4) is 5.75 Å². The molecular formula is C10H10F2N2O5. The van der Waals surface area contributed by atoms with Gasteiger partial charge in [0, 0.05) is 5.56 Å². The molecule has 0 aromatic carbocycles. The lowest BCUT2D eigenvalue weighted by Gasteiger charge is -2.11. The largest absolute Gasteiger partial charge is 0.490 e. The molecule has 1 aromatic heterocycles. The van der Waals surface area contributed by atoms with Crippen LogP contribution in [0.3, 0.4) is 0 Å². The zero-order valence-corrected chi connectivity index (χ0v) is 10.1. The standard InChI is InChI=1S/C10H10F2N2O5/c1-18-7(15)3-5-8(10(11)12)13-4-6(14(16)17)9(5)19-2/h4,10H,3H2,1-2H3. The second kappa shape index (κ2) is 6.03. The molecule has 0 aliphatic rings. The summed E-state index contributed by atoms with van der Waals surface area (Å²) in [5.41, 5.74) is -1.68. The Hall–Kier alpha value is -2.32. The molecule has 0 unspecified atom stereocenters. The van der Waals surface area contributed by atoms with E-state index in [0.717, 1.165) is 14.2 Å². The number of rotatable bonds is 5. The van der Waals surface area contributed by atoms with Gasteiger partial charge in [0.05, 0.1) is 25.6 Å². The fraction of sp³-hybridized carbons (Fsp3) is 0.400. The zero-order chi connectivity index (χ0) is 14.6. The Kier molecular flexibility index (Phi) is 4.67. The van der Waals surface area contributed by atoms with Crippen molar-refractivity contribution in [1.82, 2.24) is 4.98 Å². The predicted octanol–water partition coefficient (Wildman–Crippen LogP) is 1.65. The molecule has 1 heterocycles. The van der Waals surface area contributed by atoms with E-state index >= 15 is 0 Å². The molecule has 9 heteroatoms. The summed E-state index contributed by atoms with van der Waals surface area (Å²) in [5, 5.41) is 10.8. The van der Waals surface area contributed by atoms with Gasteiger partial charge in [0.25, 0.3) is 6.43 Å². The van der Waals surface area contributed by atoms with Crippen molar-refractivity contribution in [2.75, 3.05) is 14.2 Å². The predicted molar refractivity (Wildman–Crippen MR) is 58.1 cm³/mol. The maximum atomic E-state index is 12.8. The van der Waals surface area contributed by atoms with Gasteiger partial charge < -0.3 is 9.47 Å². The number of pyridine rings is 1. The minimum absolute atomic E-state index is 0.349. The van der Waals surface area contributed by atoms with E-state index in [9.17, 15) is 23.7 Å². The molecular weight excluding hydrogens is 266 g/mol.